The first-order chi connectivity index (χ1) is 12.9. The molecule has 1 heterocycles. The van der Waals surface area contributed by atoms with Gasteiger partial charge in [-0.3, -0.25) is 4.79 Å². The van der Waals surface area contributed by atoms with Gasteiger partial charge in [0.15, 0.2) is 0 Å². The fourth-order valence-corrected chi connectivity index (χ4v) is 4.31. The van der Waals surface area contributed by atoms with E-state index in [9.17, 15) is 17.6 Å². The van der Waals surface area contributed by atoms with Crippen molar-refractivity contribution in [3.63, 3.8) is 0 Å². The Labute approximate surface area is 157 Å². The van der Waals surface area contributed by atoms with Gasteiger partial charge in [0.1, 0.15) is 10.7 Å². The summed E-state index contributed by atoms with van der Waals surface area (Å²) in [7, 11) is -3.78. The first-order valence-corrected chi connectivity index (χ1v) is 9.78. The molecule has 1 amide bonds. The van der Waals surface area contributed by atoms with E-state index in [1.165, 1.54) is 40.7 Å². The molecule has 0 spiro atoms. The summed E-state index contributed by atoms with van der Waals surface area (Å²) in [5.41, 5.74) is 0.556. The summed E-state index contributed by atoms with van der Waals surface area (Å²) in [6.07, 6.45) is 1.31. The van der Waals surface area contributed by atoms with E-state index in [-0.39, 0.29) is 34.8 Å². The number of carbonyl (C=O) groups excluding carboxylic acids is 1. The smallest absolute Gasteiger partial charge is 0.255 e. The molecule has 2 aromatic rings. The van der Waals surface area contributed by atoms with Crippen LogP contribution in [-0.4, -0.2) is 44.9 Å². The summed E-state index contributed by atoms with van der Waals surface area (Å²) >= 11 is 0. The number of hydrogen-bond acceptors (Lipinski definition) is 4. The molecule has 1 saturated heterocycles. The van der Waals surface area contributed by atoms with Crippen molar-refractivity contribution in [2.24, 2.45) is 0 Å². The highest BCUT2D eigenvalue weighted by atomic mass is 32.2. The van der Waals surface area contributed by atoms with E-state index in [0.29, 0.717) is 13.2 Å². The SMILES string of the molecule is C=Cc1cc(C(=O)Nc2ccccc2S(=O)(=O)N2CCOCC2)ccc1F. The number of sulfonamides is 1. The van der Waals surface area contributed by atoms with Gasteiger partial charge in [0.05, 0.1) is 18.9 Å². The van der Waals surface area contributed by atoms with Crippen LogP contribution in [0.1, 0.15) is 15.9 Å². The lowest BCUT2D eigenvalue weighted by molar-refractivity contribution is 0.0730. The maximum atomic E-state index is 13.6. The van der Waals surface area contributed by atoms with Crippen LogP contribution in [0.25, 0.3) is 6.08 Å². The molecule has 6 nitrogen and oxygen atoms in total. The molecule has 8 heteroatoms. The fraction of sp³-hybridized carbons (Fsp3) is 0.211. The number of para-hydroxylation sites is 1. The van der Waals surface area contributed by atoms with Crippen LogP contribution in [0.3, 0.4) is 0 Å². The molecule has 0 radical (unpaired) electrons. The summed E-state index contributed by atoms with van der Waals surface area (Å²) in [5.74, 6) is -1.03. The summed E-state index contributed by atoms with van der Waals surface area (Å²) in [4.78, 5) is 12.6. The fourth-order valence-electron chi connectivity index (χ4n) is 2.76. The molecule has 0 aromatic heterocycles. The van der Waals surface area contributed by atoms with E-state index in [4.69, 9.17) is 4.74 Å². The summed E-state index contributed by atoms with van der Waals surface area (Å²) in [6.45, 7) is 4.67. The molecule has 0 atom stereocenters. The summed E-state index contributed by atoms with van der Waals surface area (Å²) in [5, 5.41) is 2.61. The van der Waals surface area contributed by atoms with Gasteiger partial charge in [0.2, 0.25) is 10.0 Å². The number of nitrogens with one attached hydrogen (secondary N) is 1. The molecule has 1 aliphatic rings. The minimum absolute atomic E-state index is 0.00584. The molecule has 142 valence electrons. The molecular weight excluding hydrogens is 371 g/mol. The number of benzene rings is 2. The van der Waals surface area contributed by atoms with Gasteiger partial charge >= 0.3 is 0 Å². The summed E-state index contributed by atoms with van der Waals surface area (Å²) < 4.78 is 46.0. The Kier molecular flexibility index (Phi) is 5.69. The van der Waals surface area contributed by atoms with Crippen LogP contribution in [0.4, 0.5) is 10.1 Å². The second kappa shape index (κ2) is 7.99. The number of nitrogens with zero attached hydrogens (tertiary/aromatic N) is 1. The molecule has 0 bridgehead atoms. The highest BCUT2D eigenvalue weighted by Gasteiger charge is 2.29. The van der Waals surface area contributed by atoms with Crippen LogP contribution in [0.2, 0.25) is 0 Å². The molecule has 0 saturated carbocycles. The third kappa shape index (κ3) is 4.08. The molecule has 1 fully saturated rings. The number of ether oxygens (including phenoxy) is 1. The minimum atomic E-state index is -3.78. The molecule has 27 heavy (non-hydrogen) atoms. The van der Waals surface area contributed by atoms with Crippen molar-refractivity contribution in [2.75, 3.05) is 31.6 Å². The van der Waals surface area contributed by atoms with Crippen LogP contribution < -0.4 is 5.32 Å². The topological polar surface area (TPSA) is 75.7 Å². The lowest BCUT2D eigenvalue weighted by Crippen LogP contribution is -2.40. The first-order valence-electron chi connectivity index (χ1n) is 8.34. The molecule has 1 N–H and O–H groups in total. The van der Waals surface area contributed by atoms with Gasteiger partial charge in [-0.1, -0.05) is 24.8 Å². The maximum Gasteiger partial charge on any atom is 0.255 e. The van der Waals surface area contributed by atoms with Crippen LogP contribution in [0.15, 0.2) is 53.9 Å². The third-order valence-corrected chi connectivity index (χ3v) is 6.16. The van der Waals surface area contributed by atoms with Crippen LogP contribution >= 0.6 is 0 Å². The Morgan fingerprint density at radius 1 is 1.19 bits per heavy atom. The van der Waals surface area contributed by atoms with Crippen molar-refractivity contribution in [1.82, 2.24) is 4.31 Å². The van der Waals surface area contributed by atoms with Gasteiger partial charge < -0.3 is 10.1 Å². The molecule has 0 aliphatic carbocycles. The van der Waals surface area contributed by atoms with Crippen LogP contribution in [0, 0.1) is 5.82 Å². The third-order valence-electron chi connectivity index (χ3n) is 4.20. The normalized spacial score (nSPS) is 15.3. The Hall–Kier alpha value is -2.55. The monoisotopic (exact) mass is 390 g/mol. The highest BCUT2D eigenvalue weighted by Crippen LogP contribution is 2.26. The van der Waals surface area contributed by atoms with Crippen molar-refractivity contribution in [2.45, 2.75) is 4.90 Å². The predicted molar refractivity (Wildman–Crippen MR) is 100 cm³/mol. The van der Waals surface area contributed by atoms with Gasteiger partial charge in [-0.2, -0.15) is 4.31 Å². The molecule has 0 unspecified atom stereocenters. The van der Waals surface area contributed by atoms with Crippen molar-refractivity contribution < 1.29 is 22.3 Å². The van der Waals surface area contributed by atoms with Crippen molar-refractivity contribution >= 4 is 27.7 Å². The van der Waals surface area contributed by atoms with Gasteiger partial charge in [-0.05, 0) is 30.3 Å². The second-order valence-corrected chi connectivity index (χ2v) is 7.81. The van der Waals surface area contributed by atoms with E-state index in [1.807, 2.05) is 0 Å². The van der Waals surface area contributed by atoms with Gasteiger partial charge in [0.25, 0.3) is 5.91 Å². The Morgan fingerprint density at radius 2 is 1.89 bits per heavy atom. The zero-order chi connectivity index (χ0) is 19.4. The van der Waals surface area contributed by atoms with E-state index in [1.54, 1.807) is 12.1 Å². The largest absolute Gasteiger partial charge is 0.379 e. The molecule has 1 aliphatic heterocycles. The number of hydrogen-bond donors (Lipinski definition) is 1. The number of carbonyl (C=O) groups is 1. The Balaban J connectivity index is 1.90. The van der Waals surface area contributed by atoms with Gasteiger partial charge in [-0.25, -0.2) is 12.8 Å². The number of anilines is 1. The van der Waals surface area contributed by atoms with Gasteiger partial charge in [-0.15, -0.1) is 0 Å². The lowest BCUT2D eigenvalue weighted by atomic mass is 10.1. The molecular formula is C19H19FN2O4S. The Bertz CT molecular complexity index is 969. The number of morpholine rings is 1. The predicted octanol–water partition coefficient (Wildman–Crippen LogP) is 2.74. The second-order valence-electron chi connectivity index (χ2n) is 5.91. The standard InChI is InChI=1S/C19H19FN2O4S/c1-2-14-13-15(7-8-16(14)20)19(23)21-17-5-3-4-6-18(17)27(24,25)22-9-11-26-12-10-22/h2-8,13H,1,9-12H2,(H,21,23). The summed E-state index contributed by atoms with van der Waals surface area (Å²) in [6, 6.07) is 10.0. The lowest BCUT2D eigenvalue weighted by Gasteiger charge is -2.27. The van der Waals surface area contributed by atoms with Crippen LogP contribution in [0.5, 0.6) is 0 Å². The quantitative estimate of drug-likeness (QED) is 0.852. The Morgan fingerprint density at radius 3 is 2.59 bits per heavy atom. The van der Waals surface area contributed by atoms with Crippen molar-refractivity contribution in [3.05, 3.63) is 66.0 Å². The molecule has 3 rings (SSSR count). The number of halogens is 1. The number of rotatable bonds is 5. The zero-order valence-electron chi connectivity index (χ0n) is 14.5. The molecule has 2 aromatic carbocycles. The number of amides is 1. The minimum Gasteiger partial charge on any atom is -0.379 e. The highest BCUT2D eigenvalue weighted by molar-refractivity contribution is 7.89. The van der Waals surface area contributed by atoms with E-state index in [0.717, 1.165) is 0 Å². The maximum absolute atomic E-state index is 13.6. The van der Waals surface area contributed by atoms with Crippen molar-refractivity contribution in [3.8, 4) is 0 Å². The van der Waals surface area contributed by atoms with E-state index in [2.05, 4.69) is 11.9 Å². The van der Waals surface area contributed by atoms with E-state index >= 15 is 0 Å². The van der Waals surface area contributed by atoms with Crippen molar-refractivity contribution in [1.29, 1.82) is 0 Å². The average Bonchev–Trinajstić information content (AvgIpc) is 2.69. The van der Waals surface area contributed by atoms with E-state index < -0.39 is 21.7 Å². The first kappa shape index (κ1) is 19.2. The van der Waals surface area contributed by atoms with Crippen LogP contribution in [-0.2, 0) is 14.8 Å². The average molecular weight is 390 g/mol. The zero-order valence-corrected chi connectivity index (χ0v) is 15.3. The van der Waals surface area contributed by atoms with Gasteiger partial charge in [0, 0.05) is 24.2 Å².